The first-order valence-corrected chi connectivity index (χ1v) is 4.47. The number of rotatable bonds is 6. The Hall–Kier alpha value is -0.770. The van der Waals surface area contributed by atoms with Crippen LogP contribution in [0.1, 0.15) is 33.6 Å². The van der Waals surface area contributed by atoms with Gasteiger partial charge in [-0.2, -0.15) is 0 Å². The second-order valence-electron chi connectivity index (χ2n) is 2.51. The monoisotopic (exact) mass is 189 g/mol. The molecule has 0 fully saturated rings. The van der Waals surface area contributed by atoms with Gasteiger partial charge in [0.1, 0.15) is 6.61 Å². The smallest absolute Gasteiger partial charge is 0.427 e. The number of unbranched alkanes of at least 4 members (excludes halogenated alkanes) is 1. The molecule has 0 amide bonds. The molecule has 4 heteroatoms. The molecular formula is C9H17O4. The maximum Gasteiger partial charge on any atom is 0.510 e. The predicted molar refractivity (Wildman–Crippen MR) is 47.9 cm³/mol. The molecule has 0 aromatic carbocycles. The number of carbonyl (C=O) groups excluding carboxylic acids is 1. The molecule has 1 atom stereocenters. The van der Waals surface area contributed by atoms with Crippen LogP contribution in [0.15, 0.2) is 0 Å². The molecule has 0 bridgehead atoms. The van der Waals surface area contributed by atoms with Crippen molar-refractivity contribution in [3.05, 3.63) is 6.61 Å². The molecule has 0 heterocycles. The van der Waals surface area contributed by atoms with Gasteiger partial charge in [-0.05, 0) is 20.3 Å². The molecule has 1 unspecified atom stereocenters. The summed E-state index contributed by atoms with van der Waals surface area (Å²) in [6, 6.07) is 0. The van der Waals surface area contributed by atoms with Gasteiger partial charge in [0.05, 0.1) is 6.61 Å². The van der Waals surface area contributed by atoms with Crippen LogP contribution in [0.25, 0.3) is 0 Å². The van der Waals surface area contributed by atoms with E-state index in [-0.39, 0.29) is 0 Å². The standard InChI is InChI=1S/C9H17O4/c1-4-6-7-12-8(3)13-9(10)11-5-2/h5,8H,4,6-7H2,1-3H3. The third-order valence-corrected chi connectivity index (χ3v) is 1.33. The predicted octanol–water partition coefficient (Wildman–Crippen LogP) is 2.48. The van der Waals surface area contributed by atoms with Crippen LogP contribution in [-0.2, 0) is 14.2 Å². The van der Waals surface area contributed by atoms with Crippen molar-refractivity contribution < 1.29 is 19.0 Å². The number of carbonyl (C=O) groups is 1. The summed E-state index contributed by atoms with van der Waals surface area (Å²) in [5.74, 6) is 0. The van der Waals surface area contributed by atoms with Crippen LogP contribution in [0.3, 0.4) is 0 Å². The van der Waals surface area contributed by atoms with Crippen LogP contribution >= 0.6 is 0 Å². The summed E-state index contributed by atoms with van der Waals surface area (Å²) in [4.78, 5) is 10.7. The van der Waals surface area contributed by atoms with E-state index in [4.69, 9.17) is 9.47 Å². The van der Waals surface area contributed by atoms with E-state index in [9.17, 15) is 4.79 Å². The summed E-state index contributed by atoms with van der Waals surface area (Å²) in [6.45, 7) is 7.19. The summed E-state index contributed by atoms with van der Waals surface area (Å²) in [5, 5.41) is 0. The zero-order chi connectivity index (χ0) is 10.1. The Morgan fingerprint density at radius 3 is 2.77 bits per heavy atom. The molecule has 4 nitrogen and oxygen atoms in total. The Labute approximate surface area is 79.2 Å². The normalized spacial score (nSPS) is 12.2. The molecule has 0 N–H and O–H groups in total. The molecule has 0 aliphatic carbocycles. The van der Waals surface area contributed by atoms with Gasteiger partial charge in [-0.25, -0.2) is 4.79 Å². The van der Waals surface area contributed by atoms with E-state index >= 15 is 0 Å². The summed E-state index contributed by atoms with van der Waals surface area (Å²) in [5.41, 5.74) is 0. The molecule has 1 radical (unpaired) electrons. The molecule has 77 valence electrons. The van der Waals surface area contributed by atoms with Crippen molar-refractivity contribution in [2.75, 3.05) is 6.61 Å². The molecule has 0 aromatic rings. The Morgan fingerprint density at radius 2 is 2.23 bits per heavy atom. The van der Waals surface area contributed by atoms with Crippen molar-refractivity contribution in [3.63, 3.8) is 0 Å². The van der Waals surface area contributed by atoms with Crippen molar-refractivity contribution in [1.82, 2.24) is 0 Å². The van der Waals surface area contributed by atoms with Crippen molar-refractivity contribution in [1.29, 1.82) is 0 Å². The lowest BCUT2D eigenvalue weighted by Gasteiger charge is -2.12. The second-order valence-corrected chi connectivity index (χ2v) is 2.51. The summed E-state index contributed by atoms with van der Waals surface area (Å²) in [7, 11) is 0. The van der Waals surface area contributed by atoms with E-state index in [0.717, 1.165) is 12.8 Å². The minimum atomic E-state index is -0.730. The van der Waals surface area contributed by atoms with E-state index < -0.39 is 12.4 Å². The molecule has 0 spiro atoms. The lowest BCUT2D eigenvalue weighted by molar-refractivity contribution is -0.107. The summed E-state index contributed by atoms with van der Waals surface area (Å²) >= 11 is 0. The maximum absolute atomic E-state index is 10.7. The largest absolute Gasteiger partial charge is 0.510 e. The molecule has 0 aromatic heterocycles. The highest BCUT2D eigenvalue weighted by Crippen LogP contribution is 1.99. The highest BCUT2D eigenvalue weighted by molar-refractivity contribution is 5.60. The fraction of sp³-hybridized carbons (Fsp3) is 0.778. The molecule has 13 heavy (non-hydrogen) atoms. The Bertz CT molecular complexity index is 136. The third kappa shape index (κ3) is 7.59. The Balaban J connectivity index is 3.38. The van der Waals surface area contributed by atoms with Crippen LogP contribution in [0, 0.1) is 6.61 Å². The number of ether oxygens (including phenoxy) is 3. The second kappa shape index (κ2) is 7.86. The van der Waals surface area contributed by atoms with Gasteiger partial charge in [-0.15, -0.1) is 0 Å². The zero-order valence-electron chi connectivity index (χ0n) is 8.41. The first-order chi connectivity index (χ1) is 6.20. The van der Waals surface area contributed by atoms with Gasteiger partial charge < -0.3 is 14.2 Å². The average molecular weight is 189 g/mol. The van der Waals surface area contributed by atoms with Crippen LogP contribution in [0.5, 0.6) is 0 Å². The van der Waals surface area contributed by atoms with Gasteiger partial charge >= 0.3 is 6.16 Å². The Kier molecular flexibility index (Phi) is 7.39. The van der Waals surface area contributed by atoms with Crippen LogP contribution in [-0.4, -0.2) is 19.1 Å². The average Bonchev–Trinajstić information content (AvgIpc) is 2.05. The van der Waals surface area contributed by atoms with E-state index in [2.05, 4.69) is 11.7 Å². The van der Waals surface area contributed by atoms with Crippen molar-refractivity contribution >= 4 is 6.16 Å². The number of hydrogen-bond acceptors (Lipinski definition) is 4. The first-order valence-electron chi connectivity index (χ1n) is 4.47. The number of hydrogen-bond donors (Lipinski definition) is 0. The maximum atomic E-state index is 10.7. The van der Waals surface area contributed by atoms with Crippen molar-refractivity contribution in [2.24, 2.45) is 0 Å². The van der Waals surface area contributed by atoms with Gasteiger partial charge in [-0.3, -0.25) is 0 Å². The molecule has 0 saturated heterocycles. The van der Waals surface area contributed by atoms with E-state index in [1.165, 1.54) is 6.61 Å². The van der Waals surface area contributed by atoms with E-state index in [1.807, 2.05) is 0 Å². The molecule has 0 rings (SSSR count). The Morgan fingerprint density at radius 1 is 1.54 bits per heavy atom. The molecular weight excluding hydrogens is 172 g/mol. The lowest BCUT2D eigenvalue weighted by atomic mass is 10.4. The van der Waals surface area contributed by atoms with Crippen LogP contribution < -0.4 is 0 Å². The fourth-order valence-electron chi connectivity index (χ4n) is 0.687. The van der Waals surface area contributed by atoms with E-state index in [1.54, 1.807) is 13.8 Å². The first kappa shape index (κ1) is 12.2. The molecule has 0 saturated carbocycles. The highest BCUT2D eigenvalue weighted by atomic mass is 16.8. The summed E-state index contributed by atoms with van der Waals surface area (Å²) in [6.07, 6.45) is 0.744. The minimum absolute atomic E-state index is 0.543. The molecule has 0 aliphatic rings. The quantitative estimate of drug-likeness (QED) is 0.366. The third-order valence-electron chi connectivity index (χ3n) is 1.33. The molecule has 0 aliphatic heterocycles. The van der Waals surface area contributed by atoms with Crippen LogP contribution in [0.4, 0.5) is 4.79 Å². The van der Waals surface area contributed by atoms with Crippen LogP contribution in [0.2, 0.25) is 0 Å². The zero-order valence-corrected chi connectivity index (χ0v) is 8.41. The van der Waals surface area contributed by atoms with Gasteiger partial charge in [0, 0.05) is 0 Å². The highest BCUT2D eigenvalue weighted by Gasteiger charge is 2.09. The summed E-state index contributed by atoms with van der Waals surface area (Å²) < 4.78 is 14.3. The topological polar surface area (TPSA) is 44.8 Å². The minimum Gasteiger partial charge on any atom is -0.427 e. The van der Waals surface area contributed by atoms with Crippen molar-refractivity contribution in [2.45, 2.75) is 39.9 Å². The fourth-order valence-corrected chi connectivity index (χ4v) is 0.687. The lowest BCUT2D eigenvalue weighted by Crippen LogP contribution is -2.18. The van der Waals surface area contributed by atoms with Gasteiger partial charge in [0.15, 0.2) is 0 Å². The van der Waals surface area contributed by atoms with Gasteiger partial charge in [0.2, 0.25) is 6.29 Å². The SMILES string of the molecule is C[CH]OC(=O)OC(C)OCCCC. The van der Waals surface area contributed by atoms with Crippen molar-refractivity contribution in [3.8, 4) is 0 Å². The van der Waals surface area contributed by atoms with E-state index in [0.29, 0.717) is 6.61 Å². The van der Waals surface area contributed by atoms with Gasteiger partial charge in [0.25, 0.3) is 0 Å². The van der Waals surface area contributed by atoms with Gasteiger partial charge in [-0.1, -0.05) is 13.3 Å².